The molecule has 4 N–H and O–H groups in total. The van der Waals surface area contributed by atoms with Crippen LogP contribution in [0.15, 0.2) is 24.5 Å². The summed E-state index contributed by atoms with van der Waals surface area (Å²) in [6.07, 6.45) is 1.17. The van der Waals surface area contributed by atoms with Crippen molar-refractivity contribution in [3.05, 3.63) is 41.5 Å². The van der Waals surface area contributed by atoms with E-state index < -0.39 is 31.1 Å². The maximum absolute atomic E-state index is 12.7. The van der Waals surface area contributed by atoms with E-state index in [1.807, 2.05) is 32.0 Å². The Hall–Kier alpha value is -3.76. The molecule has 2 aromatic heterocycles. The maximum Gasteiger partial charge on any atom is 0.415 e. The first-order valence-corrected chi connectivity index (χ1v) is 14.5. The normalized spacial score (nSPS) is 24.5. The quantitative estimate of drug-likeness (QED) is 0.321. The Kier molecular flexibility index (Phi) is 8.00. The lowest BCUT2D eigenvalue weighted by molar-refractivity contribution is -0.0511. The van der Waals surface area contributed by atoms with Crippen molar-refractivity contribution >= 4 is 23.1 Å². The Morgan fingerprint density at radius 3 is 2.60 bits per heavy atom. The van der Waals surface area contributed by atoms with Crippen LogP contribution in [0.25, 0.3) is 11.2 Å². The minimum absolute atomic E-state index is 0.313. The van der Waals surface area contributed by atoms with Crippen LogP contribution in [-0.2, 0) is 4.74 Å². The van der Waals surface area contributed by atoms with Crippen LogP contribution in [0.1, 0.15) is 55.3 Å². The van der Waals surface area contributed by atoms with E-state index in [4.69, 9.17) is 9.47 Å². The smallest absolute Gasteiger partial charge is 0.410 e. The summed E-state index contributed by atoms with van der Waals surface area (Å²) in [7, 11) is 0. The SMILES string of the molecule is Cc1ccc(OC(=O)N2CCC(CC#Cc3nc(NC4CC4)c4ncn([C@@H]5O[C@H](CO)[C@@H](O)[C@H]5O)c4n3)CC2)cc1C. The molecule has 42 heavy (non-hydrogen) atoms. The number of aromatic nitrogens is 4. The fourth-order valence-electron chi connectivity index (χ4n) is 5.33. The molecule has 1 aromatic carbocycles. The summed E-state index contributed by atoms with van der Waals surface area (Å²) in [5.74, 6) is 8.08. The third-order valence-corrected chi connectivity index (χ3v) is 8.28. The fraction of sp³-hybridized carbons (Fsp3) is 0.533. The van der Waals surface area contributed by atoms with Gasteiger partial charge in [-0.3, -0.25) is 4.57 Å². The highest BCUT2D eigenvalue weighted by Gasteiger charge is 2.44. The lowest BCUT2D eigenvalue weighted by Crippen LogP contribution is -2.40. The highest BCUT2D eigenvalue weighted by Crippen LogP contribution is 2.33. The van der Waals surface area contributed by atoms with Gasteiger partial charge < -0.3 is 35.0 Å². The number of hydrogen-bond donors (Lipinski definition) is 4. The molecule has 1 amide bonds. The van der Waals surface area contributed by atoms with Crippen molar-refractivity contribution in [2.45, 2.75) is 76.5 Å². The number of aryl methyl sites for hydroxylation is 2. The van der Waals surface area contributed by atoms with E-state index in [9.17, 15) is 20.1 Å². The molecule has 1 aliphatic carbocycles. The van der Waals surface area contributed by atoms with Crippen molar-refractivity contribution in [2.24, 2.45) is 5.92 Å². The summed E-state index contributed by atoms with van der Waals surface area (Å²) in [6.45, 7) is 4.81. The third-order valence-electron chi connectivity index (χ3n) is 8.28. The number of benzene rings is 1. The molecule has 4 atom stereocenters. The molecule has 12 heteroatoms. The van der Waals surface area contributed by atoms with Crippen LogP contribution < -0.4 is 10.1 Å². The van der Waals surface area contributed by atoms with E-state index in [1.54, 1.807) is 9.47 Å². The molecule has 1 saturated carbocycles. The van der Waals surface area contributed by atoms with E-state index >= 15 is 0 Å². The zero-order valence-electron chi connectivity index (χ0n) is 23.7. The van der Waals surface area contributed by atoms with Crippen LogP contribution in [0.4, 0.5) is 10.6 Å². The number of nitrogens with zero attached hydrogens (tertiary/aromatic N) is 5. The molecule has 3 aromatic rings. The Labute approximate surface area is 243 Å². The molecule has 0 radical (unpaired) electrons. The Morgan fingerprint density at radius 2 is 1.90 bits per heavy atom. The first-order chi connectivity index (χ1) is 20.3. The van der Waals surface area contributed by atoms with Crippen LogP contribution in [-0.4, -0.2) is 89.9 Å². The molecule has 4 heterocycles. The van der Waals surface area contributed by atoms with Gasteiger partial charge in [-0.25, -0.2) is 19.7 Å². The van der Waals surface area contributed by atoms with Crippen molar-refractivity contribution < 1.29 is 29.6 Å². The van der Waals surface area contributed by atoms with Crippen LogP contribution in [0, 0.1) is 31.6 Å². The molecule has 222 valence electrons. The number of amides is 1. The topological polar surface area (TPSA) is 155 Å². The van der Waals surface area contributed by atoms with Gasteiger partial charge in [-0.1, -0.05) is 12.0 Å². The van der Waals surface area contributed by atoms with Crippen molar-refractivity contribution in [3.8, 4) is 17.6 Å². The summed E-state index contributed by atoms with van der Waals surface area (Å²) >= 11 is 0. The Bertz CT molecular complexity index is 1520. The second-order valence-electron chi connectivity index (χ2n) is 11.4. The summed E-state index contributed by atoms with van der Waals surface area (Å²) in [5.41, 5.74) is 3.17. The number of nitrogens with one attached hydrogen (secondary N) is 1. The van der Waals surface area contributed by atoms with Gasteiger partial charge in [-0.05, 0) is 74.6 Å². The number of aliphatic hydroxyl groups excluding tert-OH is 3. The first kappa shape index (κ1) is 28.4. The van der Waals surface area contributed by atoms with Gasteiger partial charge in [0.2, 0.25) is 5.82 Å². The summed E-state index contributed by atoms with van der Waals surface area (Å²) in [6, 6.07) is 5.96. The van der Waals surface area contributed by atoms with Crippen LogP contribution >= 0.6 is 0 Å². The predicted molar refractivity (Wildman–Crippen MR) is 153 cm³/mol. The van der Waals surface area contributed by atoms with E-state index in [2.05, 4.69) is 32.1 Å². The van der Waals surface area contributed by atoms with Gasteiger partial charge in [0.15, 0.2) is 23.2 Å². The molecular weight excluding hydrogens is 540 g/mol. The van der Waals surface area contributed by atoms with Gasteiger partial charge in [0, 0.05) is 25.6 Å². The molecular formula is C30H36N6O6. The molecule has 3 aliphatic rings. The summed E-state index contributed by atoms with van der Waals surface area (Å²) in [5, 5.41) is 33.7. The number of carbonyl (C=O) groups is 1. The number of piperidine rings is 1. The van der Waals surface area contributed by atoms with E-state index in [-0.39, 0.29) is 6.09 Å². The second kappa shape index (κ2) is 11.9. The maximum atomic E-state index is 12.7. The zero-order chi connectivity index (χ0) is 29.4. The number of carbonyl (C=O) groups excluding carboxylic acids is 1. The second-order valence-corrected chi connectivity index (χ2v) is 11.4. The summed E-state index contributed by atoms with van der Waals surface area (Å²) in [4.78, 5) is 28.1. The van der Waals surface area contributed by atoms with E-state index in [1.165, 1.54) is 6.33 Å². The number of fused-ring (bicyclic) bond motifs is 1. The van der Waals surface area contributed by atoms with Crippen molar-refractivity contribution in [2.75, 3.05) is 25.0 Å². The Balaban J connectivity index is 1.12. The van der Waals surface area contributed by atoms with Crippen molar-refractivity contribution in [1.29, 1.82) is 0 Å². The highest BCUT2D eigenvalue weighted by molar-refractivity contribution is 5.83. The summed E-state index contributed by atoms with van der Waals surface area (Å²) < 4.78 is 12.8. The molecule has 2 saturated heterocycles. The number of hydrogen-bond acceptors (Lipinski definition) is 10. The molecule has 0 spiro atoms. The minimum atomic E-state index is -1.26. The van der Waals surface area contributed by atoms with Gasteiger partial charge in [0.05, 0.1) is 12.9 Å². The molecule has 0 bridgehead atoms. The Morgan fingerprint density at radius 1 is 1.12 bits per heavy atom. The van der Waals surface area contributed by atoms with Crippen LogP contribution in [0.3, 0.4) is 0 Å². The van der Waals surface area contributed by atoms with Crippen molar-refractivity contribution in [3.63, 3.8) is 0 Å². The largest absolute Gasteiger partial charge is 0.415 e. The number of imidazole rings is 1. The van der Waals surface area contributed by atoms with Gasteiger partial charge in [-0.15, -0.1) is 0 Å². The highest BCUT2D eigenvalue weighted by atomic mass is 16.6. The van der Waals surface area contributed by atoms with Crippen LogP contribution in [0.5, 0.6) is 5.75 Å². The molecule has 2 aliphatic heterocycles. The molecule has 3 fully saturated rings. The average molecular weight is 577 g/mol. The van der Waals surface area contributed by atoms with E-state index in [0.717, 1.165) is 36.8 Å². The van der Waals surface area contributed by atoms with Gasteiger partial charge in [0.25, 0.3) is 0 Å². The average Bonchev–Trinajstić information content (AvgIpc) is 3.63. The molecule has 6 rings (SSSR count). The first-order valence-electron chi connectivity index (χ1n) is 14.5. The molecule has 0 unspecified atom stereocenters. The lowest BCUT2D eigenvalue weighted by Gasteiger charge is -2.30. The fourth-order valence-corrected chi connectivity index (χ4v) is 5.33. The zero-order valence-corrected chi connectivity index (χ0v) is 23.7. The van der Waals surface area contributed by atoms with Crippen molar-refractivity contribution in [1.82, 2.24) is 24.4 Å². The third kappa shape index (κ3) is 5.91. The predicted octanol–water partition coefficient (Wildman–Crippen LogP) is 2.28. The number of aliphatic hydroxyl groups is 3. The number of likely N-dealkylation sites (tertiary alicyclic amines) is 1. The lowest BCUT2D eigenvalue weighted by atomic mass is 9.94. The van der Waals surface area contributed by atoms with Crippen LogP contribution in [0.2, 0.25) is 0 Å². The number of ether oxygens (including phenoxy) is 2. The number of anilines is 1. The number of rotatable bonds is 6. The molecule has 12 nitrogen and oxygen atoms in total. The van der Waals surface area contributed by atoms with Gasteiger partial charge >= 0.3 is 6.09 Å². The van der Waals surface area contributed by atoms with Gasteiger partial charge in [-0.2, -0.15) is 0 Å². The van der Waals surface area contributed by atoms with E-state index in [0.29, 0.717) is 60.0 Å². The standard InChI is InChI=1S/C30H36N6O6/c1-17-6-9-21(14-18(17)2)41-30(40)35-12-10-19(11-13-35)4-3-5-23-33-27(32-20-7-8-20)24-28(34-23)36(16-31-24)29-26(39)25(38)22(15-37)42-29/h6,9,14,16,19-20,22,25-26,29,37-39H,4,7-8,10-13,15H2,1-2H3,(H,32,33,34)/t22-,25-,26-,29-/m1/s1. The monoisotopic (exact) mass is 576 g/mol. The minimum Gasteiger partial charge on any atom is -0.410 e. The van der Waals surface area contributed by atoms with Gasteiger partial charge in [0.1, 0.15) is 24.1 Å².